The van der Waals surface area contributed by atoms with Gasteiger partial charge in [-0.3, -0.25) is 0 Å². The molecule has 0 aliphatic rings. The third-order valence-electron chi connectivity index (χ3n) is 2.31. The molecule has 4 heteroatoms. The Morgan fingerprint density at radius 2 is 1.61 bits per heavy atom. The number of hydrogen-bond donors (Lipinski definition) is 2. The number of thioether (sulfide) groups is 1. The van der Waals surface area contributed by atoms with E-state index in [1.807, 2.05) is 48.5 Å². The molecule has 0 aliphatic carbocycles. The summed E-state index contributed by atoms with van der Waals surface area (Å²) in [7, 11) is 0. The predicted molar refractivity (Wildman–Crippen MR) is 78.0 cm³/mol. The molecule has 2 aromatic rings. The zero-order valence-corrected chi connectivity index (χ0v) is 10.7. The smallest absolute Gasteiger partial charge is 0.127 e. The van der Waals surface area contributed by atoms with Crippen LogP contribution in [0, 0.1) is 0 Å². The minimum atomic E-state index is 0.718. The third kappa shape index (κ3) is 3.91. The summed E-state index contributed by atoms with van der Waals surface area (Å²) >= 11 is 1.70. The number of para-hydroxylation sites is 1. The van der Waals surface area contributed by atoms with E-state index >= 15 is 0 Å². The Labute approximate surface area is 111 Å². The number of nitrogens with one attached hydrogen (secondary N) is 1. The Balaban J connectivity index is 2.00. The van der Waals surface area contributed by atoms with Crippen molar-refractivity contribution in [3.05, 3.63) is 60.7 Å². The van der Waals surface area contributed by atoms with Crippen LogP contribution in [0.1, 0.15) is 0 Å². The largest absolute Gasteiger partial charge is 0.311 e. The van der Waals surface area contributed by atoms with Crippen molar-refractivity contribution in [1.82, 2.24) is 5.43 Å². The first-order chi connectivity index (χ1) is 8.88. The van der Waals surface area contributed by atoms with Crippen molar-refractivity contribution in [2.75, 3.05) is 5.75 Å². The second-order valence-electron chi connectivity index (χ2n) is 3.64. The number of nitrogens with zero attached hydrogens (tertiary/aromatic N) is 1. The number of amidine groups is 1. The van der Waals surface area contributed by atoms with Crippen LogP contribution >= 0.6 is 11.8 Å². The molecule has 92 valence electrons. The van der Waals surface area contributed by atoms with Crippen LogP contribution < -0.4 is 11.3 Å². The molecular formula is C14H15N3S. The normalized spacial score (nSPS) is 11.3. The van der Waals surface area contributed by atoms with Crippen molar-refractivity contribution >= 4 is 23.3 Å². The molecule has 0 unspecified atom stereocenters. The predicted octanol–water partition coefficient (Wildman–Crippen LogP) is 2.97. The molecule has 2 rings (SSSR count). The lowest BCUT2D eigenvalue weighted by Crippen LogP contribution is -2.31. The van der Waals surface area contributed by atoms with Crippen LogP contribution in [0.25, 0.3) is 0 Å². The van der Waals surface area contributed by atoms with Gasteiger partial charge in [-0.1, -0.05) is 36.4 Å². The number of nitrogens with two attached hydrogens (primary N) is 1. The second kappa shape index (κ2) is 6.83. The van der Waals surface area contributed by atoms with Gasteiger partial charge in [0.2, 0.25) is 0 Å². The summed E-state index contributed by atoms with van der Waals surface area (Å²) < 4.78 is 0. The van der Waals surface area contributed by atoms with Crippen LogP contribution in [0.2, 0.25) is 0 Å². The highest BCUT2D eigenvalue weighted by Crippen LogP contribution is 2.18. The number of hydrogen-bond acceptors (Lipinski definition) is 3. The molecule has 0 radical (unpaired) electrons. The fraction of sp³-hybridized carbons (Fsp3) is 0.0714. The zero-order chi connectivity index (χ0) is 12.6. The Morgan fingerprint density at radius 1 is 1.00 bits per heavy atom. The van der Waals surface area contributed by atoms with Crippen LogP contribution in [-0.2, 0) is 0 Å². The molecule has 0 aromatic heterocycles. The van der Waals surface area contributed by atoms with Gasteiger partial charge in [-0.25, -0.2) is 10.8 Å². The molecular weight excluding hydrogens is 242 g/mol. The van der Waals surface area contributed by atoms with Gasteiger partial charge < -0.3 is 5.43 Å². The van der Waals surface area contributed by atoms with Gasteiger partial charge in [0.05, 0.1) is 11.4 Å². The van der Waals surface area contributed by atoms with E-state index in [2.05, 4.69) is 22.6 Å². The van der Waals surface area contributed by atoms with E-state index in [-0.39, 0.29) is 0 Å². The summed E-state index contributed by atoms with van der Waals surface area (Å²) in [5.41, 5.74) is 3.55. The average molecular weight is 257 g/mol. The van der Waals surface area contributed by atoms with Crippen LogP contribution in [0.4, 0.5) is 5.69 Å². The monoisotopic (exact) mass is 257 g/mol. The molecule has 2 aromatic carbocycles. The summed E-state index contributed by atoms with van der Waals surface area (Å²) in [4.78, 5) is 5.65. The van der Waals surface area contributed by atoms with Gasteiger partial charge in [-0.2, -0.15) is 0 Å². The summed E-state index contributed by atoms with van der Waals surface area (Å²) in [5.74, 6) is 6.97. The molecule has 0 heterocycles. The molecule has 0 atom stereocenters. The lowest BCUT2D eigenvalue weighted by molar-refractivity contribution is 1.02. The molecule has 0 bridgehead atoms. The first kappa shape index (κ1) is 12.7. The zero-order valence-electron chi connectivity index (χ0n) is 9.91. The van der Waals surface area contributed by atoms with E-state index in [9.17, 15) is 0 Å². The van der Waals surface area contributed by atoms with Crippen molar-refractivity contribution < 1.29 is 0 Å². The highest BCUT2D eigenvalue weighted by Gasteiger charge is 1.99. The molecule has 0 amide bonds. The van der Waals surface area contributed by atoms with E-state index in [1.165, 1.54) is 4.90 Å². The number of hydrazine groups is 1. The molecule has 0 spiro atoms. The first-order valence-electron chi connectivity index (χ1n) is 5.65. The maximum atomic E-state index is 5.49. The summed E-state index contributed by atoms with van der Waals surface area (Å²) in [6.07, 6.45) is 0. The summed E-state index contributed by atoms with van der Waals surface area (Å²) in [6, 6.07) is 20.0. The van der Waals surface area contributed by atoms with Crippen molar-refractivity contribution in [2.45, 2.75) is 4.90 Å². The molecule has 0 aliphatic heterocycles. The van der Waals surface area contributed by atoms with E-state index in [0.717, 1.165) is 17.3 Å². The first-order valence-corrected chi connectivity index (χ1v) is 6.64. The Kier molecular flexibility index (Phi) is 4.81. The maximum absolute atomic E-state index is 5.49. The van der Waals surface area contributed by atoms with Gasteiger partial charge in [0.1, 0.15) is 5.84 Å². The van der Waals surface area contributed by atoms with E-state index in [1.54, 1.807) is 11.8 Å². The van der Waals surface area contributed by atoms with E-state index in [0.29, 0.717) is 0 Å². The van der Waals surface area contributed by atoms with Crippen LogP contribution in [-0.4, -0.2) is 11.6 Å². The van der Waals surface area contributed by atoms with Gasteiger partial charge >= 0.3 is 0 Å². The van der Waals surface area contributed by atoms with Crippen LogP contribution in [0.15, 0.2) is 70.6 Å². The third-order valence-corrected chi connectivity index (χ3v) is 3.33. The standard InChI is InChI=1S/C14H15N3S/c15-17-14(16-12-7-3-1-4-8-12)11-18-13-9-5-2-6-10-13/h1-10H,11,15H2,(H,16,17). The molecule has 0 fully saturated rings. The Morgan fingerprint density at radius 3 is 2.22 bits per heavy atom. The maximum Gasteiger partial charge on any atom is 0.127 e. The van der Waals surface area contributed by atoms with Gasteiger partial charge in [-0.15, -0.1) is 11.8 Å². The van der Waals surface area contributed by atoms with Gasteiger partial charge in [0.25, 0.3) is 0 Å². The molecule has 3 nitrogen and oxygen atoms in total. The fourth-order valence-electron chi connectivity index (χ4n) is 1.43. The topological polar surface area (TPSA) is 50.4 Å². The second-order valence-corrected chi connectivity index (χ2v) is 4.69. The van der Waals surface area contributed by atoms with Crippen molar-refractivity contribution in [2.24, 2.45) is 10.8 Å². The van der Waals surface area contributed by atoms with E-state index < -0.39 is 0 Å². The van der Waals surface area contributed by atoms with Crippen LogP contribution in [0.3, 0.4) is 0 Å². The SMILES string of the molecule is NNC(CSc1ccccc1)=Nc1ccccc1. The van der Waals surface area contributed by atoms with Gasteiger partial charge in [0, 0.05) is 4.90 Å². The minimum absolute atomic E-state index is 0.718. The lowest BCUT2D eigenvalue weighted by atomic mass is 10.3. The Bertz CT molecular complexity index is 497. The number of aliphatic imine (C=N–C) groups is 1. The van der Waals surface area contributed by atoms with Gasteiger partial charge in [0.15, 0.2) is 0 Å². The highest BCUT2D eigenvalue weighted by atomic mass is 32.2. The van der Waals surface area contributed by atoms with E-state index in [4.69, 9.17) is 5.84 Å². The minimum Gasteiger partial charge on any atom is -0.311 e. The number of rotatable bonds is 4. The Hall–Kier alpha value is -1.78. The molecule has 18 heavy (non-hydrogen) atoms. The molecule has 0 saturated carbocycles. The quantitative estimate of drug-likeness (QED) is 0.291. The van der Waals surface area contributed by atoms with Crippen molar-refractivity contribution in [3.63, 3.8) is 0 Å². The van der Waals surface area contributed by atoms with Crippen LogP contribution in [0.5, 0.6) is 0 Å². The molecule has 3 N–H and O–H groups in total. The van der Waals surface area contributed by atoms with Crippen molar-refractivity contribution in [1.29, 1.82) is 0 Å². The fourth-order valence-corrected chi connectivity index (χ4v) is 2.23. The summed E-state index contributed by atoms with van der Waals surface area (Å²) in [5, 5.41) is 0. The average Bonchev–Trinajstić information content (AvgIpc) is 2.45. The summed E-state index contributed by atoms with van der Waals surface area (Å²) in [6.45, 7) is 0. The highest BCUT2D eigenvalue weighted by molar-refractivity contribution is 8.00. The van der Waals surface area contributed by atoms with Gasteiger partial charge in [-0.05, 0) is 24.3 Å². The number of benzene rings is 2. The molecule has 0 saturated heterocycles. The van der Waals surface area contributed by atoms with Crippen molar-refractivity contribution in [3.8, 4) is 0 Å². The lowest BCUT2D eigenvalue weighted by Gasteiger charge is -2.05.